The Kier molecular flexibility index (Phi) is 3.95. The third kappa shape index (κ3) is 3.31. The van der Waals surface area contributed by atoms with E-state index in [-0.39, 0.29) is 18.8 Å². The molecule has 1 rings (SSSR count). The highest BCUT2D eigenvalue weighted by atomic mass is 16.4. The number of carboxylic acids is 1. The molecule has 1 aromatic heterocycles. The number of anilines is 1. The summed E-state index contributed by atoms with van der Waals surface area (Å²) in [6.07, 6.45) is 1.23. The number of nitrogens with zero attached hydrogens (tertiary/aromatic N) is 3. The van der Waals surface area contributed by atoms with Crippen LogP contribution in [0.15, 0.2) is 6.33 Å². The smallest absolute Gasteiger partial charge is 0.303 e. The summed E-state index contributed by atoms with van der Waals surface area (Å²) >= 11 is 0. The number of carbonyl (C=O) groups excluding carboxylic acids is 1. The normalized spacial score (nSPS) is 12.1. The van der Waals surface area contributed by atoms with Gasteiger partial charge in [-0.05, 0) is 6.42 Å². The molecule has 4 N–H and O–H groups in total. The summed E-state index contributed by atoms with van der Waals surface area (Å²) in [5.41, 5.74) is 5.50. The molecule has 88 valence electrons. The van der Waals surface area contributed by atoms with Gasteiger partial charge in [0, 0.05) is 13.5 Å². The van der Waals surface area contributed by atoms with E-state index in [1.165, 1.54) is 11.0 Å². The monoisotopic (exact) mass is 227 g/mol. The summed E-state index contributed by atoms with van der Waals surface area (Å²) in [6, 6.07) is -0.868. The summed E-state index contributed by atoms with van der Waals surface area (Å²) in [7, 11) is 1.62. The molecule has 8 heteroatoms. The first-order valence-electron chi connectivity index (χ1n) is 4.63. The highest BCUT2D eigenvalue weighted by molar-refractivity contribution is 5.93. The van der Waals surface area contributed by atoms with Crippen LogP contribution in [0.5, 0.6) is 0 Å². The van der Waals surface area contributed by atoms with Gasteiger partial charge in [0.1, 0.15) is 6.33 Å². The van der Waals surface area contributed by atoms with Gasteiger partial charge in [-0.15, -0.1) is 0 Å². The highest BCUT2D eigenvalue weighted by Gasteiger charge is 2.16. The summed E-state index contributed by atoms with van der Waals surface area (Å²) < 4.78 is 1.38. The molecule has 0 radical (unpaired) electrons. The van der Waals surface area contributed by atoms with E-state index in [2.05, 4.69) is 15.4 Å². The summed E-state index contributed by atoms with van der Waals surface area (Å²) in [5.74, 6) is -1.19. The largest absolute Gasteiger partial charge is 0.481 e. The van der Waals surface area contributed by atoms with E-state index < -0.39 is 17.9 Å². The van der Waals surface area contributed by atoms with Gasteiger partial charge in [-0.2, -0.15) is 10.1 Å². The first-order valence-corrected chi connectivity index (χ1v) is 4.63. The van der Waals surface area contributed by atoms with Crippen LogP contribution in [-0.4, -0.2) is 37.8 Å². The molecule has 0 fully saturated rings. The Morgan fingerprint density at radius 2 is 2.38 bits per heavy atom. The molecule has 16 heavy (non-hydrogen) atoms. The number of amides is 1. The number of nitrogens with one attached hydrogen (secondary N) is 1. The first-order chi connectivity index (χ1) is 7.50. The zero-order valence-corrected chi connectivity index (χ0v) is 8.75. The van der Waals surface area contributed by atoms with Crippen molar-refractivity contribution in [2.45, 2.75) is 18.9 Å². The molecule has 0 saturated heterocycles. The molecule has 0 aliphatic heterocycles. The lowest BCUT2D eigenvalue weighted by Gasteiger charge is -2.09. The second-order valence-corrected chi connectivity index (χ2v) is 3.24. The zero-order valence-electron chi connectivity index (χ0n) is 8.75. The van der Waals surface area contributed by atoms with Crippen LogP contribution in [0.1, 0.15) is 12.8 Å². The van der Waals surface area contributed by atoms with Gasteiger partial charge in [-0.1, -0.05) is 0 Å². The zero-order chi connectivity index (χ0) is 12.1. The molecular formula is C8H13N5O3. The van der Waals surface area contributed by atoms with Crippen molar-refractivity contribution in [1.82, 2.24) is 14.8 Å². The fourth-order valence-corrected chi connectivity index (χ4v) is 1.02. The summed E-state index contributed by atoms with van der Waals surface area (Å²) in [4.78, 5) is 25.5. The van der Waals surface area contributed by atoms with Gasteiger partial charge in [-0.3, -0.25) is 14.9 Å². The number of aryl methyl sites for hydroxylation is 1. The summed E-state index contributed by atoms with van der Waals surface area (Å²) in [5, 5.41) is 14.6. The SMILES string of the molecule is Cn1ncnc1NC(=O)C(N)CCC(=O)O. The number of aromatic nitrogens is 3. The molecule has 1 atom stereocenters. The molecule has 8 nitrogen and oxygen atoms in total. The van der Waals surface area contributed by atoms with Crippen molar-refractivity contribution >= 4 is 17.8 Å². The van der Waals surface area contributed by atoms with Gasteiger partial charge in [0.2, 0.25) is 11.9 Å². The molecule has 1 amide bonds. The molecule has 0 aliphatic carbocycles. The second-order valence-electron chi connectivity index (χ2n) is 3.24. The topological polar surface area (TPSA) is 123 Å². The maximum absolute atomic E-state index is 11.5. The molecule has 0 saturated carbocycles. The van der Waals surface area contributed by atoms with Crippen LogP contribution in [0.2, 0.25) is 0 Å². The Morgan fingerprint density at radius 1 is 1.69 bits per heavy atom. The van der Waals surface area contributed by atoms with Crippen LogP contribution in [0, 0.1) is 0 Å². The molecule has 0 aliphatic rings. The van der Waals surface area contributed by atoms with Crippen molar-refractivity contribution < 1.29 is 14.7 Å². The maximum Gasteiger partial charge on any atom is 0.303 e. The van der Waals surface area contributed by atoms with Crippen molar-refractivity contribution in [3.05, 3.63) is 6.33 Å². The number of carboxylic acid groups (broad SMARTS) is 1. The average Bonchev–Trinajstić information content (AvgIpc) is 2.60. The standard InChI is InChI=1S/C8H13N5O3/c1-13-8(10-4-11-13)12-7(16)5(9)2-3-6(14)15/h4-5H,2-3,9H2,1H3,(H,14,15)(H,10,11,12,16). The lowest BCUT2D eigenvalue weighted by Crippen LogP contribution is -2.36. The van der Waals surface area contributed by atoms with Gasteiger partial charge in [-0.25, -0.2) is 4.68 Å². The Morgan fingerprint density at radius 3 is 2.88 bits per heavy atom. The van der Waals surface area contributed by atoms with E-state index in [0.29, 0.717) is 0 Å². The maximum atomic E-state index is 11.5. The van der Waals surface area contributed by atoms with Crippen LogP contribution in [0.4, 0.5) is 5.95 Å². The van der Waals surface area contributed by atoms with Gasteiger partial charge in [0.05, 0.1) is 6.04 Å². The van der Waals surface area contributed by atoms with E-state index in [9.17, 15) is 9.59 Å². The van der Waals surface area contributed by atoms with Gasteiger partial charge >= 0.3 is 5.97 Å². The molecule has 1 unspecified atom stereocenters. The van der Waals surface area contributed by atoms with E-state index in [0.717, 1.165) is 0 Å². The van der Waals surface area contributed by atoms with Crippen LogP contribution in [0.3, 0.4) is 0 Å². The average molecular weight is 227 g/mol. The predicted octanol–water partition coefficient (Wildman–Crippen LogP) is -1.05. The molecule has 0 spiro atoms. The quantitative estimate of drug-likeness (QED) is 0.589. The fraction of sp³-hybridized carbons (Fsp3) is 0.500. The highest BCUT2D eigenvalue weighted by Crippen LogP contribution is 2.01. The van der Waals surface area contributed by atoms with E-state index >= 15 is 0 Å². The van der Waals surface area contributed by atoms with E-state index in [4.69, 9.17) is 10.8 Å². The van der Waals surface area contributed by atoms with Gasteiger partial charge in [0.15, 0.2) is 0 Å². The van der Waals surface area contributed by atoms with Crippen molar-refractivity contribution in [1.29, 1.82) is 0 Å². The lowest BCUT2D eigenvalue weighted by molar-refractivity contribution is -0.137. The minimum absolute atomic E-state index is 0.0824. The second kappa shape index (κ2) is 5.21. The number of aliphatic carboxylic acids is 1. The van der Waals surface area contributed by atoms with Crippen molar-refractivity contribution in [2.75, 3.05) is 5.32 Å². The Labute approximate surface area is 91.5 Å². The summed E-state index contributed by atoms with van der Waals surface area (Å²) in [6.45, 7) is 0. The lowest BCUT2D eigenvalue weighted by atomic mass is 10.1. The fourth-order valence-electron chi connectivity index (χ4n) is 1.02. The van der Waals surface area contributed by atoms with Crippen molar-refractivity contribution in [3.8, 4) is 0 Å². The third-order valence-electron chi connectivity index (χ3n) is 1.95. The minimum atomic E-state index is -0.984. The predicted molar refractivity (Wildman–Crippen MR) is 54.5 cm³/mol. The number of hydrogen-bond donors (Lipinski definition) is 3. The van der Waals surface area contributed by atoms with Crippen molar-refractivity contribution in [3.63, 3.8) is 0 Å². The van der Waals surface area contributed by atoms with E-state index in [1.807, 2.05) is 0 Å². The molecule has 0 aromatic carbocycles. The number of hydrogen-bond acceptors (Lipinski definition) is 5. The molecule has 1 heterocycles. The molecule has 0 bridgehead atoms. The molecule has 1 aromatic rings. The van der Waals surface area contributed by atoms with Crippen LogP contribution in [-0.2, 0) is 16.6 Å². The van der Waals surface area contributed by atoms with Gasteiger partial charge < -0.3 is 10.8 Å². The first kappa shape index (κ1) is 12.1. The minimum Gasteiger partial charge on any atom is -0.481 e. The van der Waals surface area contributed by atoms with E-state index in [1.54, 1.807) is 7.05 Å². The molecular weight excluding hydrogens is 214 g/mol. The van der Waals surface area contributed by atoms with Crippen LogP contribution >= 0.6 is 0 Å². The Hall–Kier alpha value is -1.96. The van der Waals surface area contributed by atoms with Crippen LogP contribution < -0.4 is 11.1 Å². The number of rotatable bonds is 5. The van der Waals surface area contributed by atoms with Crippen LogP contribution in [0.25, 0.3) is 0 Å². The van der Waals surface area contributed by atoms with Gasteiger partial charge in [0.25, 0.3) is 0 Å². The Balaban J connectivity index is 2.46. The number of nitrogens with two attached hydrogens (primary N) is 1. The Bertz CT molecular complexity index is 389. The van der Waals surface area contributed by atoms with Crippen molar-refractivity contribution in [2.24, 2.45) is 12.8 Å². The number of carbonyl (C=O) groups is 2. The third-order valence-corrected chi connectivity index (χ3v) is 1.95.